The van der Waals surface area contributed by atoms with Crippen molar-refractivity contribution in [2.24, 2.45) is 0 Å². The molecule has 108 valence electrons. The van der Waals surface area contributed by atoms with Gasteiger partial charge in [0.05, 0.1) is 0 Å². The number of nitrogens with one attached hydrogen (secondary N) is 1. The minimum Gasteiger partial charge on any atom is -0.490 e. The quantitative estimate of drug-likeness (QED) is 0.612. The van der Waals surface area contributed by atoms with E-state index < -0.39 is 17.9 Å². The van der Waals surface area contributed by atoms with Gasteiger partial charge in [-0.2, -0.15) is 0 Å². The predicted molar refractivity (Wildman–Crippen MR) is 72.7 cm³/mol. The number of carbonyl (C=O) groups is 2. The van der Waals surface area contributed by atoms with Gasteiger partial charge in [-0.15, -0.1) is 0 Å². The average molecular weight is 279 g/mol. The number of hydrogen-bond acceptors (Lipinski definition) is 4. The van der Waals surface area contributed by atoms with Crippen molar-refractivity contribution in [2.75, 3.05) is 13.2 Å². The molecule has 1 rings (SSSR count). The summed E-state index contributed by atoms with van der Waals surface area (Å²) in [7, 11) is 0. The fraction of sp³-hybridized carbons (Fsp3) is 0.286. The lowest BCUT2D eigenvalue weighted by atomic mass is 10.1. The molecule has 0 fully saturated rings. The van der Waals surface area contributed by atoms with E-state index in [9.17, 15) is 9.59 Å². The molecule has 0 bridgehead atoms. The van der Waals surface area contributed by atoms with Crippen molar-refractivity contribution in [1.29, 1.82) is 0 Å². The Morgan fingerprint density at radius 2 is 2.00 bits per heavy atom. The summed E-state index contributed by atoms with van der Waals surface area (Å²) >= 11 is 0. The van der Waals surface area contributed by atoms with E-state index in [0.29, 0.717) is 17.9 Å². The SMILES string of the molecule is C=CCOc1ccc(C(=O)N[C@@H](CCO)C(=O)O)cc1. The Hall–Kier alpha value is -2.34. The van der Waals surface area contributed by atoms with Crippen molar-refractivity contribution < 1.29 is 24.5 Å². The van der Waals surface area contributed by atoms with Gasteiger partial charge in [-0.25, -0.2) is 4.79 Å². The van der Waals surface area contributed by atoms with Crippen molar-refractivity contribution in [3.05, 3.63) is 42.5 Å². The Labute approximate surface area is 116 Å². The van der Waals surface area contributed by atoms with E-state index in [-0.39, 0.29) is 13.0 Å². The largest absolute Gasteiger partial charge is 0.490 e. The predicted octanol–water partition coefficient (Wildman–Crippen LogP) is 0.817. The van der Waals surface area contributed by atoms with Crippen LogP contribution in [0.1, 0.15) is 16.8 Å². The first-order chi connectivity index (χ1) is 9.58. The number of carbonyl (C=O) groups excluding carboxylic acids is 1. The maximum absolute atomic E-state index is 11.8. The van der Waals surface area contributed by atoms with E-state index >= 15 is 0 Å². The summed E-state index contributed by atoms with van der Waals surface area (Å²) in [6.07, 6.45) is 1.56. The molecule has 0 radical (unpaired) electrons. The van der Waals surface area contributed by atoms with Crippen molar-refractivity contribution in [3.63, 3.8) is 0 Å². The third kappa shape index (κ3) is 4.74. The first-order valence-corrected chi connectivity index (χ1v) is 6.06. The topological polar surface area (TPSA) is 95.9 Å². The Morgan fingerprint density at radius 3 is 2.50 bits per heavy atom. The van der Waals surface area contributed by atoms with Gasteiger partial charge in [0, 0.05) is 18.6 Å². The van der Waals surface area contributed by atoms with Gasteiger partial charge in [0.25, 0.3) is 5.91 Å². The van der Waals surface area contributed by atoms with Crippen LogP contribution in [0.25, 0.3) is 0 Å². The highest BCUT2D eigenvalue weighted by atomic mass is 16.5. The van der Waals surface area contributed by atoms with Crippen LogP contribution in [0.15, 0.2) is 36.9 Å². The van der Waals surface area contributed by atoms with E-state index in [1.807, 2.05) is 0 Å². The third-order valence-corrected chi connectivity index (χ3v) is 2.51. The van der Waals surface area contributed by atoms with Gasteiger partial charge < -0.3 is 20.3 Å². The van der Waals surface area contributed by atoms with Crippen LogP contribution in [-0.2, 0) is 4.79 Å². The lowest BCUT2D eigenvalue weighted by Crippen LogP contribution is -2.41. The van der Waals surface area contributed by atoms with Crippen LogP contribution in [-0.4, -0.2) is 41.3 Å². The molecule has 0 aliphatic rings. The molecule has 1 aromatic rings. The van der Waals surface area contributed by atoms with Crippen LogP contribution in [0.3, 0.4) is 0 Å². The average Bonchev–Trinajstić information content (AvgIpc) is 2.45. The molecule has 0 heterocycles. The molecule has 0 aromatic heterocycles. The zero-order valence-electron chi connectivity index (χ0n) is 10.9. The molecule has 0 saturated carbocycles. The summed E-state index contributed by atoms with van der Waals surface area (Å²) in [4.78, 5) is 22.7. The van der Waals surface area contributed by atoms with Crippen LogP contribution >= 0.6 is 0 Å². The summed E-state index contributed by atoms with van der Waals surface area (Å²) in [6, 6.07) is 5.18. The van der Waals surface area contributed by atoms with Crippen molar-refractivity contribution in [1.82, 2.24) is 5.32 Å². The Kier molecular flexibility index (Phi) is 6.25. The second-order valence-corrected chi connectivity index (χ2v) is 4.00. The zero-order valence-corrected chi connectivity index (χ0v) is 10.9. The molecule has 20 heavy (non-hydrogen) atoms. The molecule has 6 heteroatoms. The second kappa shape index (κ2) is 7.96. The monoisotopic (exact) mass is 279 g/mol. The molecule has 0 saturated heterocycles. The first kappa shape index (κ1) is 15.7. The number of rotatable bonds is 8. The van der Waals surface area contributed by atoms with E-state index in [2.05, 4.69) is 11.9 Å². The van der Waals surface area contributed by atoms with Gasteiger partial charge in [0.2, 0.25) is 0 Å². The van der Waals surface area contributed by atoms with Gasteiger partial charge in [-0.1, -0.05) is 12.7 Å². The summed E-state index contributed by atoms with van der Waals surface area (Å²) in [5.41, 5.74) is 0.320. The maximum Gasteiger partial charge on any atom is 0.326 e. The molecular formula is C14H17NO5. The number of carboxylic acid groups (broad SMARTS) is 1. The van der Waals surface area contributed by atoms with Gasteiger partial charge >= 0.3 is 5.97 Å². The molecule has 0 unspecified atom stereocenters. The van der Waals surface area contributed by atoms with Crippen LogP contribution in [0.5, 0.6) is 5.75 Å². The Balaban J connectivity index is 2.66. The van der Waals surface area contributed by atoms with Crippen molar-refractivity contribution >= 4 is 11.9 Å². The van der Waals surface area contributed by atoms with Crippen LogP contribution in [0.2, 0.25) is 0 Å². The molecule has 0 spiro atoms. The summed E-state index contributed by atoms with van der Waals surface area (Å²) in [5, 5.41) is 20.0. The molecule has 0 aliphatic heterocycles. The van der Waals surface area contributed by atoms with Crippen molar-refractivity contribution in [2.45, 2.75) is 12.5 Å². The molecule has 1 aromatic carbocycles. The molecule has 6 nitrogen and oxygen atoms in total. The minimum absolute atomic E-state index is 0.0401. The summed E-state index contributed by atoms with van der Waals surface area (Å²) in [6.45, 7) is 3.57. The fourth-order valence-electron chi connectivity index (χ4n) is 1.49. The zero-order chi connectivity index (χ0) is 15.0. The Bertz CT molecular complexity index is 469. The van der Waals surface area contributed by atoms with Crippen LogP contribution < -0.4 is 10.1 Å². The van der Waals surface area contributed by atoms with Gasteiger partial charge in [-0.05, 0) is 24.3 Å². The minimum atomic E-state index is -1.18. The third-order valence-electron chi connectivity index (χ3n) is 2.51. The van der Waals surface area contributed by atoms with E-state index in [1.54, 1.807) is 18.2 Å². The van der Waals surface area contributed by atoms with E-state index in [0.717, 1.165) is 0 Å². The highest BCUT2D eigenvalue weighted by molar-refractivity contribution is 5.96. The van der Waals surface area contributed by atoms with E-state index in [1.165, 1.54) is 12.1 Å². The lowest BCUT2D eigenvalue weighted by Gasteiger charge is -2.13. The number of ether oxygens (including phenoxy) is 1. The number of aliphatic carboxylic acids is 1. The highest BCUT2D eigenvalue weighted by Crippen LogP contribution is 2.12. The molecule has 3 N–H and O–H groups in total. The fourth-order valence-corrected chi connectivity index (χ4v) is 1.49. The molecule has 0 aliphatic carbocycles. The molecular weight excluding hydrogens is 262 g/mol. The maximum atomic E-state index is 11.8. The first-order valence-electron chi connectivity index (χ1n) is 6.06. The number of aliphatic hydroxyl groups is 1. The smallest absolute Gasteiger partial charge is 0.326 e. The molecule has 1 amide bonds. The van der Waals surface area contributed by atoms with Crippen LogP contribution in [0.4, 0.5) is 0 Å². The normalized spacial score (nSPS) is 11.4. The Morgan fingerprint density at radius 1 is 1.35 bits per heavy atom. The lowest BCUT2D eigenvalue weighted by molar-refractivity contribution is -0.139. The second-order valence-electron chi connectivity index (χ2n) is 4.00. The van der Waals surface area contributed by atoms with Crippen molar-refractivity contribution in [3.8, 4) is 5.75 Å². The van der Waals surface area contributed by atoms with Crippen LogP contribution in [0, 0.1) is 0 Å². The standard InChI is InChI=1S/C14H17NO5/c1-2-9-20-11-5-3-10(4-6-11)13(17)15-12(7-8-16)14(18)19/h2-6,12,16H,1,7-9H2,(H,15,17)(H,18,19)/t12-/m0/s1. The summed E-state index contributed by atoms with van der Waals surface area (Å²) in [5.74, 6) is -1.11. The number of amides is 1. The van der Waals surface area contributed by atoms with Gasteiger partial charge in [-0.3, -0.25) is 4.79 Å². The van der Waals surface area contributed by atoms with E-state index in [4.69, 9.17) is 14.9 Å². The number of benzene rings is 1. The van der Waals surface area contributed by atoms with Gasteiger partial charge in [0.1, 0.15) is 18.4 Å². The number of hydrogen-bond donors (Lipinski definition) is 3. The number of carboxylic acids is 1. The summed E-state index contributed by atoms with van der Waals surface area (Å²) < 4.78 is 5.27. The van der Waals surface area contributed by atoms with Gasteiger partial charge in [0.15, 0.2) is 0 Å². The highest BCUT2D eigenvalue weighted by Gasteiger charge is 2.19. The number of aliphatic hydroxyl groups excluding tert-OH is 1. The molecule has 1 atom stereocenters.